The SMILES string of the molecule is CC[Si](CC)(C1=C(C)C(C)=C(C)C1C)c1cc(C)cc([Si](C)(C)CC(C)(C)C)c1OC. The lowest BCUT2D eigenvalue weighted by molar-refractivity contribution is 0.420. The normalized spacial score (nSPS) is 18.3. The predicted octanol–water partition coefficient (Wildman–Crippen LogP) is 7.50. The average Bonchev–Trinajstić information content (AvgIpc) is 2.85. The topological polar surface area (TPSA) is 9.23 Å². The molecule has 3 heteroatoms. The zero-order valence-electron chi connectivity index (χ0n) is 22.8. The largest absolute Gasteiger partial charge is 0.497 e. The van der Waals surface area contributed by atoms with Crippen molar-refractivity contribution in [1.82, 2.24) is 0 Å². The molecule has 0 saturated carbocycles. The molecule has 1 atom stereocenters. The number of allylic oxidation sites excluding steroid dienone is 4. The van der Waals surface area contributed by atoms with E-state index in [-0.39, 0.29) is 0 Å². The molecule has 1 aliphatic carbocycles. The van der Waals surface area contributed by atoms with Gasteiger partial charge in [0, 0.05) is 0 Å². The zero-order valence-corrected chi connectivity index (χ0v) is 24.8. The van der Waals surface area contributed by atoms with Gasteiger partial charge in [0.05, 0.1) is 15.2 Å². The maximum Gasteiger partial charge on any atom is 0.118 e. The molecule has 0 radical (unpaired) electrons. The van der Waals surface area contributed by atoms with Crippen LogP contribution in [0.2, 0.25) is 31.2 Å². The number of hydrogen-bond donors (Lipinski definition) is 0. The summed E-state index contributed by atoms with van der Waals surface area (Å²) in [6, 6.07) is 8.70. The highest BCUT2D eigenvalue weighted by Gasteiger charge is 2.45. The third-order valence-electron chi connectivity index (χ3n) is 8.02. The van der Waals surface area contributed by atoms with E-state index in [1.807, 2.05) is 7.11 Å². The third-order valence-corrected chi connectivity index (χ3v) is 17.4. The molecule has 0 bridgehead atoms. The molecule has 1 aliphatic rings. The average molecular weight is 457 g/mol. The number of aryl methyl sites for hydroxylation is 1. The van der Waals surface area contributed by atoms with E-state index in [9.17, 15) is 0 Å². The minimum absolute atomic E-state index is 0.325. The number of methoxy groups -OCH3 is 1. The summed E-state index contributed by atoms with van der Waals surface area (Å²) < 4.78 is 6.36. The zero-order chi connectivity index (χ0) is 23.9. The number of benzene rings is 1. The van der Waals surface area contributed by atoms with Gasteiger partial charge < -0.3 is 4.74 Å². The summed E-state index contributed by atoms with van der Waals surface area (Å²) in [4.78, 5) is 0. The lowest BCUT2D eigenvalue weighted by Gasteiger charge is -2.39. The summed E-state index contributed by atoms with van der Waals surface area (Å²) in [6.45, 7) is 28.9. The predicted molar refractivity (Wildman–Crippen MR) is 146 cm³/mol. The molecule has 0 aromatic heterocycles. The Hall–Kier alpha value is -1.07. The fourth-order valence-electron chi connectivity index (χ4n) is 6.57. The minimum Gasteiger partial charge on any atom is -0.497 e. The van der Waals surface area contributed by atoms with Crippen LogP contribution >= 0.6 is 0 Å². The molecule has 1 nitrogen and oxygen atoms in total. The summed E-state index contributed by atoms with van der Waals surface area (Å²) in [5.41, 5.74) is 6.39. The van der Waals surface area contributed by atoms with Crippen LogP contribution in [0.5, 0.6) is 5.75 Å². The van der Waals surface area contributed by atoms with Gasteiger partial charge in [-0.1, -0.05) is 101 Å². The Balaban J connectivity index is 2.86. The Morgan fingerprint density at radius 2 is 1.42 bits per heavy atom. The quantitative estimate of drug-likeness (QED) is 0.386. The smallest absolute Gasteiger partial charge is 0.118 e. The molecule has 2 rings (SSSR count). The molecule has 1 aromatic rings. The summed E-state index contributed by atoms with van der Waals surface area (Å²) in [5, 5.41) is 4.86. The van der Waals surface area contributed by atoms with Crippen LogP contribution in [0.1, 0.15) is 67.9 Å². The van der Waals surface area contributed by atoms with E-state index < -0.39 is 16.1 Å². The highest BCUT2D eigenvalue weighted by Crippen LogP contribution is 2.44. The molecule has 1 unspecified atom stereocenters. The molecule has 0 amide bonds. The summed E-state index contributed by atoms with van der Waals surface area (Å²) in [5.74, 6) is 1.79. The van der Waals surface area contributed by atoms with Crippen molar-refractivity contribution >= 4 is 26.5 Å². The lowest BCUT2D eigenvalue weighted by Crippen LogP contribution is -2.55. The van der Waals surface area contributed by atoms with Crippen LogP contribution in [0.4, 0.5) is 0 Å². The first-order valence-corrected chi connectivity index (χ1v) is 17.9. The van der Waals surface area contributed by atoms with E-state index in [1.54, 1.807) is 21.5 Å². The van der Waals surface area contributed by atoms with Crippen molar-refractivity contribution in [2.45, 2.75) is 100 Å². The standard InChI is InChI=1S/C28H48OSi2/c1-14-31(15-2,27-22(6)20(4)21(5)23(27)7)25-17-19(3)16-24(26(25)29-11)30(12,13)18-28(8,9)10/h16-17,22H,14-15,18H2,1-13H3. The molecule has 1 aromatic carbocycles. The van der Waals surface area contributed by atoms with Crippen molar-refractivity contribution < 1.29 is 4.74 Å². The number of ether oxygens (including phenoxy) is 1. The molecular formula is C28H48OSi2. The van der Waals surface area contributed by atoms with Crippen molar-refractivity contribution in [2.24, 2.45) is 11.3 Å². The van der Waals surface area contributed by atoms with Gasteiger partial charge in [0.15, 0.2) is 0 Å². The molecule has 0 heterocycles. The molecule has 0 saturated heterocycles. The van der Waals surface area contributed by atoms with Crippen molar-refractivity contribution in [1.29, 1.82) is 0 Å². The second-order valence-electron chi connectivity index (χ2n) is 11.9. The van der Waals surface area contributed by atoms with Crippen LogP contribution in [0.3, 0.4) is 0 Å². The monoisotopic (exact) mass is 456 g/mol. The van der Waals surface area contributed by atoms with Crippen LogP contribution in [-0.4, -0.2) is 23.3 Å². The van der Waals surface area contributed by atoms with Gasteiger partial charge in [-0.25, -0.2) is 0 Å². The van der Waals surface area contributed by atoms with Crippen molar-refractivity contribution in [3.63, 3.8) is 0 Å². The first-order valence-electron chi connectivity index (χ1n) is 12.3. The van der Waals surface area contributed by atoms with E-state index in [1.165, 1.54) is 40.2 Å². The summed E-state index contributed by atoms with van der Waals surface area (Å²) in [7, 11) is -1.69. The van der Waals surface area contributed by atoms with Crippen molar-refractivity contribution in [2.75, 3.05) is 7.11 Å². The van der Waals surface area contributed by atoms with Crippen LogP contribution in [0, 0.1) is 18.3 Å². The molecular weight excluding hydrogens is 408 g/mol. The third kappa shape index (κ3) is 4.68. The van der Waals surface area contributed by atoms with Crippen molar-refractivity contribution in [3.05, 3.63) is 39.6 Å². The highest BCUT2D eigenvalue weighted by molar-refractivity contribution is 6.99. The molecule has 0 N–H and O–H groups in total. The first-order chi connectivity index (χ1) is 14.2. The number of hydrogen-bond acceptors (Lipinski definition) is 1. The van der Waals surface area contributed by atoms with Crippen LogP contribution in [0.25, 0.3) is 0 Å². The Kier molecular flexibility index (Phi) is 7.65. The Bertz CT molecular complexity index is 892. The van der Waals surface area contributed by atoms with E-state index in [2.05, 4.69) is 94.5 Å². The Labute approximate surface area is 195 Å². The molecule has 174 valence electrons. The van der Waals surface area contributed by atoms with Gasteiger partial charge in [-0.2, -0.15) is 0 Å². The molecule has 0 spiro atoms. The maximum absolute atomic E-state index is 6.36. The number of rotatable bonds is 7. The fourth-order valence-corrected chi connectivity index (χ4v) is 16.4. The summed E-state index contributed by atoms with van der Waals surface area (Å²) in [6.07, 6.45) is 0. The minimum atomic E-state index is -1.93. The van der Waals surface area contributed by atoms with E-state index >= 15 is 0 Å². The Morgan fingerprint density at radius 3 is 1.81 bits per heavy atom. The van der Waals surface area contributed by atoms with Gasteiger partial charge in [0.1, 0.15) is 13.8 Å². The van der Waals surface area contributed by atoms with E-state index in [0.717, 1.165) is 0 Å². The molecule has 31 heavy (non-hydrogen) atoms. The van der Waals surface area contributed by atoms with Crippen molar-refractivity contribution in [3.8, 4) is 5.75 Å². The first kappa shape index (κ1) is 26.2. The van der Waals surface area contributed by atoms with Gasteiger partial charge in [-0.15, -0.1) is 0 Å². The van der Waals surface area contributed by atoms with Gasteiger partial charge in [-0.3, -0.25) is 0 Å². The second kappa shape index (κ2) is 9.05. The van der Waals surface area contributed by atoms with Crippen LogP contribution in [-0.2, 0) is 0 Å². The highest BCUT2D eigenvalue weighted by atomic mass is 28.3. The molecule has 0 fully saturated rings. The van der Waals surface area contributed by atoms with Gasteiger partial charge in [-0.05, 0) is 61.0 Å². The van der Waals surface area contributed by atoms with Gasteiger partial charge in [0.25, 0.3) is 0 Å². The Morgan fingerprint density at radius 1 is 0.903 bits per heavy atom. The van der Waals surface area contributed by atoms with Gasteiger partial charge >= 0.3 is 0 Å². The van der Waals surface area contributed by atoms with Crippen LogP contribution in [0.15, 0.2) is 34.0 Å². The maximum atomic E-state index is 6.36. The van der Waals surface area contributed by atoms with Gasteiger partial charge in [0.2, 0.25) is 0 Å². The lowest BCUT2D eigenvalue weighted by atomic mass is 10.0. The summed E-state index contributed by atoms with van der Waals surface area (Å²) >= 11 is 0. The molecule has 0 aliphatic heterocycles. The van der Waals surface area contributed by atoms with E-state index in [4.69, 9.17) is 4.74 Å². The second-order valence-corrected chi connectivity index (χ2v) is 21.2. The van der Waals surface area contributed by atoms with Crippen LogP contribution < -0.4 is 15.1 Å². The fraction of sp³-hybridized carbons (Fsp3) is 0.643. The van der Waals surface area contributed by atoms with E-state index in [0.29, 0.717) is 11.3 Å².